The van der Waals surface area contributed by atoms with Gasteiger partial charge in [-0.2, -0.15) is 0 Å². The van der Waals surface area contributed by atoms with Crippen LogP contribution in [0.2, 0.25) is 0 Å². The summed E-state index contributed by atoms with van der Waals surface area (Å²) in [5.41, 5.74) is 0. The van der Waals surface area contributed by atoms with Crippen LogP contribution in [-0.2, 0) is 9.05 Å². The van der Waals surface area contributed by atoms with Crippen molar-refractivity contribution in [2.24, 2.45) is 17.8 Å². The molecule has 0 aliphatic heterocycles. The number of hydrogen-bond acceptors (Lipinski definition) is 3. The average Bonchev–Trinajstić information content (AvgIpc) is 2.98. The van der Waals surface area contributed by atoms with Crippen molar-refractivity contribution < 1.29 is 13.2 Å². The molecule has 2 saturated carbocycles. The molecular weight excluding hydrogens is 284 g/mol. The van der Waals surface area contributed by atoms with Gasteiger partial charge in [0, 0.05) is 10.7 Å². The Morgan fingerprint density at radius 2 is 1.89 bits per heavy atom. The smallest absolute Gasteiger partial charge is 0.261 e. The number of rotatable bonds is 4. The summed E-state index contributed by atoms with van der Waals surface area (Å²) in [5.74, 6) is 3.15. The van der Waals surface area contributed by atoms with Gasteiger partial charge >= 0.3 is 0 Å². The Labute approximate surface area is 118 Å². The molecule has 19 heavy (non-hydrogen) atoms. The van der Waals surface area contributed by atoms with Crippen LogP contribution in [0.15, 0.2) is 29.2 Å². The van der Waals surface area contributed by atoms with E-state index >= 15 is 0 Å². The minimum Gasteiger partial charge on any atom is -0.493 e. The molecule has 1 aromatic carbocycles. The summed E-state index contributed by atoms with van der Waals surface area (Å²) in [6.45, 7) is 0.744. The zero-order valence-electron chi connectivity index (χ0n) is 10.6. The van der Waals surface area contributed by atoms with Gasteiger partial charge in [-0.25, -0.2) is 8.42 Å². The molecule has 2 aliphatic rings. The van der Waals surface area contributed by atoms with Crippen molar-refractivity contribution in [3.05, 3.63) is 24.3 Å². The van der Waals surface area contributed by atoms with E-state index in [9.17, 15) is 8.42 Å². The molecular formula is C14H17ClO3S. The molecule has 3 unspecified atom stereocenters. The molecule has 3 nitrogen and oxygen atoms in total. The highest BCUT2D eigenvalue weighted by Crippen LogP contribution is 2.48. The number of halogens is 1. The van der Waals surface area contributed by atoms with Crippen molar-refractivity contribution in [1.82, 2.24) is 0 Å². The van der Waals surface area contributed by atoms with Crippen LogP contribution < -0.4 is 4.74 Å². The van der Waals surface area contributed by atoms with E-state index in [1.54, 1.807) is 12.1 Å². The predicted molar refractivity (Wildman–Crippen MR) is 73.9 cm³/mol. The van der Waals surface area contributed by atoms with E-state index in [2.05, 4.69) is 0 Å². The van der Waals surface area contributed by atoms with E-state index in [4.69, 9.17) is 15.4 Å². The van der Waals surface area contributed by atoms with Crippen molar-refractivity contribution in [2.45, 2.75) is 30.6 Å². The first kappa shape index (κ1) is 13.3. The molecule has 5 heteroatoms. The molecule has 2 bridgehead atoms. The van der Waals surface area contributed by atoms with Crippen molar-refractivity contribution in [2.75, 3.05) is 6.61 Å². The summed E-state index contributed by atoms with van der Waals surface area (Å²) >= 11 is 0. The molecule has 1 aromatic rings. The van der Waals surface area contributed by atoms with Crippen LogP contribution in [0.25, 0.3) is 0 Å². The highest BCUT2D eigenvalue weighted by Gasteiger charge is 2.39. The first-order chi connectivity index (χ1) is 9.02. The highest BCUT2D eigenvalue weighted by atomic mass is 35.7. The SMILES string of the molecule is O=S(=O)(Cl)c1ccc(OCC2CC3CCC2C3)cc1. The largest absolute Gasteiger partial charge is 0.493 e. The summed E-state index contributed by atoms with van der Waals surface area (Å²) in [4.78, 5) is 0.112. The van der Waals surface area contributed by atoms with Crippen molar-refractivity contribution in [3.63, 3.8) is 0 Å². The van der Waals surface area contributed by atoms with Crippen LogP contribution in [0.4, 0.5) is 0 Å². The summed E-state index contributed by atoms with van der Waals surface area (Å²) in [7, 11) is 1.63. The lowest BCUT2D eigenvalue weighted by atomic mass is 9.89. The van der Waals surface area contributed by atoms with Crippen molar-refractivity contribution in [1.29, 1.82) is 0 Å². The molecule has 104 valence electrons. The van der Waals surface area contributed by atoms with Crippen molar-refractivity contribution >= 4 is 19.7 Å². The number of fused-ring (bicyclic) bond motifs is 2. The second-order valence-corrected chi connectivity index (χ2v) is 8.22. The quantitative estimate of drug-likeness (QED) is 0.800. The van der Waals surface area contributed by atoms with Gasteiger partial charge in [-0.3, -0.25) is 0 Å². The molecule has 0 saturated heterocycles. The van der Waals surface area contributed by atoms with Gasteiger partial charge in [0.2, 0.25) is 0 Å². The number of hydrogen-bond donors (Lipinski definition) is 0. The second kappa shape index (κ2) is 4.98. The summed E-state index contributed by atoms with van der Waals surface area (Å²) in [6.07, 6.45) is 5.40. The van der Waals surface area contributed by atoms with Gasteiger partial charge < -0.3 is 4.74 Å². The first-order valence-corrected chi connectivity index (χ1v) is 9.01. The molecule has 0 amide bonds. The van der Waals surface area contributed by atoms with Crippen LogP contribution >= 0.6 is 10.7 Å². The molecule has 0 N–H and O–H groups in total. The molecule has 0 aromatic heterocycles. The molecule has 3 atom stereocenters. The van der Waals surface area contributed by atoms with E-state index in [0.29, 0.717) is 11.7 Å². The van der Waals surface area contributed by atoms with E-state index in [0.717, 1.165) is 18.4 Å². The Morgan fingerprint density at radius 3 is 2.42 bits per heavy atom. The zero-order chi connectivity index (χ0) is 13.5. The van der Waals surface area contributed by atoms with Crippen LogP contribution in [0.3, 0.4) is 0 Å². The van der Waals surface area contributed by atoms with Gasteiger partial charge in [0.25, 0.3) is 9.05 Å². The van der Waals surface area contributed by atoms with E-state index in [1.165, 1.54) is 37.8 Å². The van der Waals surface area contributed by atoms with Gasteiger partial charge in [-0.05, 0) is 61.3 Å². The summed E-state index contributed by atoms with van der Waals surface area (Å²) < 4.78 is 28.0. The Hall–Kier alpha value is -0.740. The topological polar surface area (TPSA) is 43.4 Å². The van der Waals surface area contributed by atoms with Gasteiger partial charge in [-0.15, -0.1) is 0 Å². The number of benzene rings is 1. The maximum atomic E-state index is 11.1. The minimum atomic E-state index is -3.64. The molecule has 3 rings (SSSR count). The van der Waals surface area contributed by atoms with Crippen molar-refractivity contribution in [3.8, 4) is 5.75 Å². The van der Waals surface area contributed by atoms with E-state index in [1.807, 2.05) is 0 Å². The normalized spacial score (nSPS) is 29.6. The fourth-order valence-electron chi connectivity index (χ4n) is 3.48. The average molecular weight is 301 g/mol. The summed E-state index contributed by atoms with van der Waals surface area (Å²) in [6, 6.07) is 6.31. The third-order valence-electron chi connectivity index (χ3n) is 4.45. The summed E-state index contributed by atoms with van der Waals surface area (Å²) in [5, 5.41) is 0. The first-order valence-electron chi connectivity index (χ1n) is 6.70. The number of ether oxygens (including phenoxy) is 1. The van der Waals surface area contributed by atoms with Gasteiger partial charge in [0.1, 0.15) is 5.75 Å². The fraction of sp³-hybridized carbons (Fsp3) is 0.571. The minimum absolute atomic E-state index is 0.112. The van der Waals surface area contributed by atoms with Gasteiger partial charge in [0.15, 0.2) is 0 Å². The predicted octanol–water partition coefficient (Wildman–Crippen LogP) is 3.43. The maximum Gasteiger partial charge on any atom is 0.261 e. The van der Waals surface area contributed by atoms with Crippen LogP contribution in [0.1, 0.15) is 25.7 Å². The van der Waals surface area contributed by atoms with Crippen LogP contribution in [-0.4, -0.2) is 15.0 Å². The zero-order valence-corrected chi connectivity index (χ0v) is 12.2. The third kappa shape index (κ3) is 2.90. The fourth-order valence-corrected chi connectivity index (χ4v) is 4.25. The van der Waals surface area contributed by atoms with Crippen LogP contribution in [0, 0.1) is 17.8 Å². The Bertz CT molecular complexity index is 553. The molecule has 2 aliphatic carbocycles. The highest BCUT2D eigenvalue weighted by molar-refractivity contribution is 8.13. The molecule has 0 spiro atoms. The van der Waals surface area contributed by atoms with E-state index in [-0.39, 0.29) is 4.90 Å². The molecule has 2 fully saturated rings. The maximum absolute atomic E-state index is 11.1. The monoisotopic (exact) mass is 300 g/mol. The Morgan fingerprint density at radius 1 is 1.16 bits per heavy atom. The Kier molecular flexibility index (Phi) is 3.48. The van der Waals surface area contributed by atoms with E-state index < -0.39 is 9.05 Å². The standard InChI is InChI=1S/C14H17ClO3S/c15-19(16,17)14-5-3-13(4-6-14)18-9-12-8-10-1-2-11(12)7-10/h3-6,10-12H,1-2,7-9H2. The molecule has 0 radical (unpaired) electrons. The Balaban J connectivity index is 1.59. The van der Waals surface area contributed by atoms with Crippen LogP contribution in [0.5, 0.6) is 5.75 Å². The van der Waals surface area contributed by atoms with Gasteiger partial charge in [0.05, 0.1) is 11.5 Å². The molecule has 0 heterocycles. The second-order valence-electron chi connectivity index (χ2n) is 5.66. The lowest BCUT2D eigenvalue weighted by molar-refractivity contribution is 0.195. The lowest BCUT2D eigenvalue weighted by Gasteiger charge is -2.21. The third-order valence-corrected chi connectivity index (χ3v) is 5.82. The lowest BCUT2D eigenvalue weighted by Crippen LogP contribution is -2.18. The van der Waals surface area contributed by atoms with Gasteiger partial charge in [-0.1, -0.05) is 6.42 Å².